The minimum Gasteiger partial charge on any atom is -0.497 e. The van der Waals surface area contributed by atoms with Crippen molar-refractivity contribution in [1.29, 1.82) is 0 Å². The smallest absolute Gasteiger partial charge is 0.186 e. The maximum atomic E-state index is 6.61. The predicted molar refractivity (Wildman–Crippen MR) is 141 cm³/mol. The number of benzene rings is 3. The number of rotatable bonds is 8. The molecule has 0 bridgehead atoms. The number of aryl methyl sites for hydroxylation is 1. The van der Waals surface area contributed by atoms with Crippen molar-refractivity contribution in [2.75, 3.05) is 18.6 Å². The number of methoxy groups -OCH3 is 1. The minimum absolute atomic E-state index is 0.347. The van der Waals surface area contributed by atoms with Gasteiger partial charge in [0.2, 0.25) is 0 Å². The normalized spacial score (nSPS) is 14.4. The third kappa shape index (κ3) is 4.47. The molecule has 1 fully saturated rings. The van der Waals surface area contributed by atoms with Gasteiger partial charge in [0, 0.05) is 17.0 Å². The number of halogens is 1. The van der Waals surface area contributed by atoms with Crippen LogP contribution in [0.5, 0.6) is 5.75 Å². The van der Waals surface area contributed by atoms with Gasteiger partial charge in [-0.15, -0.1) is 11.3 Å². The van der Waals surface area contributed by atoms with Gasteiger partial charge < -0.3 is 9.64 Å². The fourth-order valence-corrected chi connectivity index (χ4v) is 5.92. The first-order chi connectivity index (χ1) is 16.1. The molecule has 170 valence electrons. The van der Waals surface area contributed by atoms with Gasteiger partial charge in [-0.05, 0) is 72.7 Å². The van der Waals surface area contributed by atoms with E-state index in [0.717, 1.165) is 35.1 Å². The van der Waals surface area contributed by atoms with Crippen LogP contribution in [0.4, 0.5) is 5.13 Å². The highest BCUT2D eigenvalue weighted by atomic mass is 35.5. The van der Waals surface area contributed by atoms with Crippen molar-refractivity contribution >= 4 is 38.8 Å². The average molecular weight is 477 g/mol. The van der Waals surface area contributed by atoms with E-state index in [0.29, 0.717) is 17.0 Å². The molecule has 1 aliphatic rings. The maximum Gasteiger partial charge on any atom is 0.186 e. The van der Waals surface area contributed by atoms with Crippen molar-refractivity contribution in [3.8, 4) is 17.0 Å². The molecule has 4 aromatic rings. The first-order valence-corrected chi connectivity index (χ1v) is 12.8. The van der Waals surface area contributed by atoms with Crippen LogP contribution in [0.2, 0.25) is 5.02 Å². The van der Waals surface area contributed by atoms with Gasteiger partial charge in [-0.1, -0.05) is 54.9 Å². The third-order valence-corrected chi connectivity index (χ3v) is 7.77. The topological polar surface area (TPSA) is 25.4 Å². The highest BCUT2D eigenvalue weighted by Gasteiger charge is 2.37. The molecule has 0 N–H and O–H groups in total. The quantitative estimate of drug-likeness (QED) is 0.255. The van der Waals surface area contributed by atoms with Gasteiger partial charge in [0.15, 0.2) is 5.13 Å². The molecule has 0 radical (unpaired) electrons. The van der Waals surface area contributed by atoms with Gasteiger partial charge >= 0.3 is 0 Å². The first-order valence-electron chi connectivity index (χ1n) is 11.7. The van der Waals surface area contributed by atoms with Crippen molar-refractivity contribution in [2.45, 2.75) is 39.2 Å². The summed E-state index contributed by atoms with van der Waals surface area (Å²) in [6.45, 7) is 5.37. The van der Waals surface area contributed by atoms with Crippen molar-refractivity contribution in [2.24, 2.45) is 5.92 Å². The lowest BCUT2D eigenvalue weighted by molar-refractivity contribution is 0.415. The molecule has 33 heavy (non-hydrogen) atoms. The van der Waals surface area contributed by atoms with Crippen molar-refractivity contribution < 1.29 is 4.74 Å². The monoisotopic (exact) mass is 476 g/mol. The number of thiazole rings is 1. The Hall–Kier alpha value is -2.56. The summed E-state index contributed by atoms with van der Waals surface area (Å²) >= 11 is 8.38. The van der Waals surface area contributed by atoms with Crippen molar-refractivity contribution in [3.05, 3.63) is 76.1 Å². The Morgan fingerprint density at radius 1 is 1.09 bits per heavy atom. The van der Waals surface area contributed by atoms with Crippen LogP contribution in [0.25, 0.3) is 22.0 Å². The molecule has 0 saturated heterocycles. The summed E-state index contributed by atoms with van der Waals surface area (Å²) in [6.07, 6.45) is 3.63. The second-order valence-corrected chi connectivity index (χ2v) is 10.4. The van der Waals surface area contributed by atoms with E-state index in [2.05, 4.69) is 61.2 Å². The van der Waals surface area contributed by atoms with Crippen LogP contribution in [0.3, 0.4) is 0 Å². The Morgan fingerprint density at radius 2 is 1.88 bits per heavy atom. The molecular formula is C28H29ClN2OS. The molecule has 3 aromatic carbocycles. The Morgan fingerprint density at radius 3 is 2.58 bits per heavy atom. The van der Waals surface area contributed by atoms with E-state index in [1.165, 1.54) is 34.1 Å². The summed E-state index contributed by atoms with van der Waals surface area (Å²) in [7, 11) is 1.66. The zero-order chi connectivity index (χ0) is 22.9. The molecule has 0 spiro atoms. The molecule has 0 aliphatic heterocycles. The number of nitrogens with zero attached hydrogens (tertiary/aromatic N) is 2. The fraction of sp³-hybridized carbons (Fsp3) is 0.321. The second-order valence-electron chi connectivity index (χ2n) is 8.83. The fourth-order valence-electron chi connectivity index (χ4n) is 4.67. The Bertz CT molecular complexity index is 1280. The Labute approximate surface area is 205 Å². The van der Waals surface area contributed by atoms with Crippen LogP contribution in [-0.4, -0.2) is 18.6 Å². The zero-order valence-corrected chi connectivity index (χ0v) is 20.9. The Kier molecular flexibility index (Phi) is 6.31. The van der Waals surface area contributed by atoms with Crippen molar-refractivity contribution in [1.82, 2.24) is 4.98 Å². The SMILES string of the molecule is CCCN(c1nc(-c2ccc(OC)cc2Cl)c(C)s1)C(c1ccc2ccccc2c1)C1CC1. The largest absolute Gasteiger partial charge is 0.497 e. The molecule has 1 aromatic heterocycles. The molecule has 1 unspecified atom stereocenters. The predicted octanol–water partition coefficient (Wildman–Crippen LogP) is 8.30. The first kappa shape index (κ1) is 22.2. The molecule has 1 aliphatic carbocycles. The lowest BCUT2D eigenvalue weighted by Crippen LogP contribution is -2.31. The number of hydrogen-bond acceptors (Lipinski definition) is 4. The molecule has 1 atom stereocenters. The maximum absolute atomic E-state index is 6.61. The highest BCUT2D eigenvalue weighted by Crippen LogP contribution is 2.48. The third-order valence-electron chi connectivity index (χ3n) is 6.45. The van der Waals surface area contributed by atoms with Gasteiger partial charge in [0.25, 0.3) is 0 Å². The van der Waals surface area contributed by atoms with Gasteiger partial charge in [-0.3, -0.25) is 0 Å². The molecule has 5 rings (SSSR count). The van der Waals surface area contributed by atoms with E-state index >= 15 is 0 Å². The van der Waals surface area contributed by atoms with Crippen LogP contribution >= 0.6 is 22.9 Å². The summed E-state index contributed by atoms with van der Waals surface area (Å²) in [5, 5.41) is 4.35. The van der Waals surface area contributed by atoms with Crippen LogP contribution in [0.15, 0.2) is 60.7 Å². The van der Waals surface area contributed by atoms with Crippen LogP contribution < -0.4 is 9.64 Å². The van der Waals surface area contributed by atoms with E-state index in [1.54, 1.807) is 18.4 Å². The van der Waals surface area contributed by atoms with E-state index in [4.69, 9.17) is 21.3 Å². The summed E-state index contributed by atoms with van der Waals surface area (Å²) in [6, 6.07) is 21.8. The summed E-state index contributed by atoms with van der Waals surface area (Å²) in [4.78, 5) is 8.88. The van der Waals surface area contributed by atoms with E-state index < -0.39 is 0 Å². The van der Waals surface area contributed by atoms with Crippen LogP contribution in [0, 0.1) is 12.8 Å². The second kappa shape index (κ2) is 9.36. The Balaban J connectivity index is 1.55. The van der Waals surface area contributed by atoms with Gasteiger partial charge in [-0.25, -0.2) is 4.98 Å². The van der Waals surface area contributed by atoms with E-state index in [-0.39, 0.29) is 0 Å². The standard InChI is InChI=1S/C28H29ClN2OS/c1-4-15-31(27(20-10-11-20)22-12-9-19-7-5-6-8-21(19)16-22)28-30-26(18(2)33-28)24-14-13-23(32-3)17-25(24)29/h5-9,12-14,16-17,20,27H,4,10-11,15H2,1-3H3. The zero-order valence-electron chi connectivity index (χ0n) is 19.3. The number of ether oxygens (including phenoxy) is 1. The van der Waals surface area contributed by atoms with Gasteiger partial charge in [-0.2, -0.15) is 0 Å². The molecule has 5 heteroatoms. The lowest BCUT2D eigenvalue weighted by atomic mass is 9.97. The molecule has 3 nitrogen and oxygen atoms in total. The number of hydrogen-bond donors (Lipinski definition) is 0. The summed E-state index contributed by atoms with van der Waals surface area (Å²) < 4.78 is 5.33. The van der Waals surface area contributed by atoms with Crippen LogP contribution in [-0.2, 0) is 0 Å². The summed E-state index contributed by atoms with van der Waals surface area (Å²) in [5.74, 6) is 1.43. The molecule has 1 heterocycles. The molecular weight excluding hydrogens is 448 g/mol. The van der Waals surface area contributed by atoms with E-state index in [1.807, 2.05) is 18.2 Å². The van der Waals surface area contributed by atoms with E-state index in [9.17, 15) is 0 Å². The van der Waals surface area contributed by atoms with Gasteiger partial charge in [0.05, 0.1) is 23.9 Å². The lowest BCUT2D eigenvalue weighted by Gasteiger charge is -2.32. The minimum atomic E-state index is 0.347. The van der Waals surface area contributed by atoms with Crippen LogP contribution in [0.1, 0.15) is 42.7 Å². The number of fused-ring (bicyclic) bond motifs is 1. The number of aromatic nitrogens is 1. The van der Waals surface area contributed by atoms with Crippen molar-refractivity contribution in [3.63, 3.8) is 0 Å². The van der Waals surface area contributed by atoms with Gasteiger partial charge in [0.1, 0.15) is 5.75 Å². The number of anilines is 1. The highest BCUT2D eigenvalue weighted by molar-refractivity contribution is 7.16. The molecule has 1 saturated carbocycles. The molecule has 0 amide bonds. The summed E-state index contributed by atoms with van der Waals surface area (Å²) in [5.41, 5.74) is 3.32. The average Bonchev–Trinajstić information content (AvgIpc) is 3.59.